The van der Waals surface area contributed by atoms with E-state index in [-0.39, 0.29) is 36.3 Å². The van der Waals surface area contributed by atoms with Crippen molar-refractivity contribution in [2.75, 3.05) is 0 Å². The number of hydrogen-bond acceptors (Lipinski definition) is 4. The molecule has 2 unspecified atom stereocenters. The lowest BCUT2D eigenvalue weighted by molar-refractivity contribution is -0.0446. The molecule has 24 heavy (non-hydrogen) atoms. The van der Waals surface area contributed by atoms with Gasteiger partial charge in [-0.15, -0.1) is 0 Å². The zero-order valence-corrected chi connectivity index (χ0v) is 13.0. The minimum atomic E-state index is -2.61. The minimum Gasteiger partial charge on any atom is -0.310 e. The highest BCUT2D eigenvalue weighted by atomic mass is 19.3. The van der Waals surface area contributed by atoms with Crippen molar-refractivity contribution < 1.29 is 8.78 Å². The van der Waals surface area contributed by atoms with Crippen LogP contribution in [0, 0.1) is 17.2 Å². The summed E-state index contributed by atoms with van der Waals surface area (Å²) >= 11 is 0. The lowest BCUT2D eigenvalue weighted by atomic mass is 9.74. The number of hydrogen-bond donors (Lipinski definition) is 1. The van der Waals surface area contributed by atoms with Gasteiger partial charge in [0.05, 0.1) is 24.2 Å². The molecule has 2 aromatic heterocycles. The molecule has 1 N–H and O–H groups in total. The van der Waals surface area contributed by atoms with Crippen LogP contribution in [-0.4, -0.2) is 25.7 Å². The van der Waals surface area contributed by atoms with Gasteiger partial charge < -0.3 is 4.98 Å². The summed E-state index contributed by atoms with van der Waals surface area (Å²) in [5.74, 6) is -2.30. The van der Waals surface area contributed by atoms with Crippen LogP contribution in [0.25, 0.3) is 11.0 Å². The number of aromatic amines is 1. The van der Waals surface area contributed by atoms with Gasteiger partial charge in [-0.25, -0.2) is 18.4 Å². The standard InChI is InChI=1S/C16H17F2N5O/c17-16(18)5-3-10(4-6-16)23-14-12(8-20-23)15(24)22-13(21-14)11-2-1-9(11)7-19/h8-11H,1-6H2,(H,21,22,24). The molecule has 0 aromatic carbocycles. The van der Waals surface area contributed by atoms with Crippen LogP contribution in [-0.2, 0) is 0 Å². The van der Waals surface area contributed by atoms with Gasteiger partial charge in [0.15, 0.2) is 5.65 Å². The lowest BCUT2D eigenvalue weighted by Gasteiger charge is -2.30. The van der Waals surface area contributed by atoms with E-state index in [1.807, 2.05) is 0 Å². The van der Waals surface area contributed by atoms with Gasteiger partial charge in [0.25, 0.3) is 5.56 Å². The molecule has 6 nitrogen and oxygen atoms in total. The fraction of sp³-hybridized carbons (Fsp3) is 0.625. The van der Waals surface area contributed by atoms with Crippen molar-refractivity contribution in [1.82, 2.24) is 19.7 Å². The Kier molecular flexibility index (Phi) is 3.41. The number of H-pyrrole nitrogens is 1. The fourth-order valence-electron chi connectivity index (χ4n) is 3.65. The predicted octanol–water partition coefficient (Wildman–Crippen LogP) is 2.89. The first-order chi connectivity index (χ1) is 11.5. The fourth-order valence-corrected chi connectivity index (χ4v) is 3.65. The number of halogens is 2. The van der Waals surface area contributed by atoms with E-state index in [4.69, 9.17) is 5.26 Å². The van der Waals surface area contributed by atoms with Gasteiger partial charge in [0.1, 0.15) is 11.2 Å². The third-order valence-electron chi connectivity index (χ3n) is 5.31. The third kappa shape index (κ3) is 2.39. The smallest absolute Gasteiger partial charge is 0.262 e. The highest BCUT2D eigenvalue weighted by Crippen LogP contribution is 2.41. The van der Waals surface area contributed by atoms with Gasteiger partial charge >= 0.3 is 0 Å². The number of nitrogens with one attached hydrogen (secondary N) is 1. The summed E-state index contributed by atoms with van der Waals surface area (Å²) in [7, 11) is 0. The van der Waals surface area contributed by atoms with Crippen molar-refractivity contribution in [2.45, 2.75) is 56.4 Å². The maximum Gasteiger partial charge on any atom is 0.262 e. The first kappa shape index (κ1) is 15.2. The number of fused-ring (bicyclic) bond motifs is 1. The Morgan fingerprint density at radius 3 is 2.67 bits per heavy atom. The molecule has 0 aliphatic heterocycles. The van der Waals surface area contributed by atoms with E-state index < -0.39 is 5.92 Å². The normalized spacial score (nSPS) is 26.9. The minimum absolute atomic E-state index is 0.0638. The molecule has 2 aromatic rings. The topological polar surface area (TPSA) is 87.4 Å². The number of rotatable bonds is 2. The Morgan fingerprint density at radius 1 is 1.29 bits per heavy atom. The van der Waals surface area contributed by atoms with Crippen molar-refractivity contribution in [3.63, 3.8) is 0 Å². The van der Waals surface area contributed by atoms with Crippen molar-refractivity contribution in [3.05, 3.63) is 22.4 Å². The summed E-state index contributed by atoms with van der Waals surface area (Å²) in [5.41, 5.74) is 0.151. The number of aromatic nitrogens is 4. The van der Waals surface area contributed by atoms with E-state index in [9.17, 15) is 13.6 Å². The highest BCUT2D eigenvalue weighted by molar-refractivity contribution is 5.73. The molecular formula is C16H17F2N5O. The van der Waals surface area contributed by atoms with Crippen LogP contribution < -0.4 is 5.56 Å². The van der Waals surface area contributed by atoms with Crippen LogP contribution in [0.5, 0.6) is 0 Å². The van der Waals surface area contributed by atoms with Crippen molar-refractivity contribution >= 4 is 11.0 Å². The van der Waals surface area contributed by atoms with E-state index in [0.29, 0.717) is 29.7 Å². The molecule has 2 saturated carbocycles. The van der Waals surface area contributed by atoms with E-state index >= 15 is 0 Å². The molecule has 2 atom stereocenters. The number of nitrogens with zero attached hydrogens (tertiary/aromatic N) is 4. The molecule has 0 spiro atoms. The summed E-state index contributed by atoms with van der Waals surface area (Å²) in [5, 5.41) is 13.7. The van der Waals surface area contributed by atoms with E-state index in [0.717, 1.165) is 12.8 Å². The second-order valence-corrected chi connectivity index (χ2v) is 6.78. The van der Waals surface area contributed by atoms with Crippen LogP contribution in [0.1, 0.15) is 56.3 Å². The molecule has 2 aliphatic rings. The molecule has 0 radical (unpaired) electrons. The van der Waals surface area contributed by atoms with Gasteiger partial charge in [-0.2, -0.15) is 10.4 Å². The molecule has 0 bridgehead atoms. The van der Waals surface area contributed by atoms with Crippen LogP contribution in [0.3, 0.4) is 0 Å². The van der Waals surface area contributed by atoms with Crippen molar-refractivity contribution in [1.29, 1.82) is 5.26 Å². The quantitative estimate of drug-likeness (QED) is 0.915. The molecule has 2 fully saturated rings. The SMILES string of the molecule is N#CC1CCC1c1nc2c(cnn2C2CCC(F)(F)CC2)c(=O)[nH]1. The average molecular weight is 333 g/mol. The Hall–Kier alpha value is -2.30. The van der Waals surface area contributed by atoms with Crippen LogP contribution in [0.15, 0.2) is 11.0 Å². The first-order valence-electron chi connectivity index (χ1n) is 8.23. The Bertz CT molecular complexity index is 871. The first-order valence-corrected chi connectivity index (χ1v) is 8.23. The summed E-state index contributed by atoms with van der Waals surface area (Å²) in [6, 6.07) is 2.06. The lowest BCUT2D eigenvalue weighted by Crippen LogP contribution is -2.28. The van der Waals surface area contributed by atoms with Gasteiger partial charge in [0.2, 0.25) is 5.92 Å². The Morgan fingerprint density at radius 2 is 2.04 bits per heavy atom. The summed E-state index contributed by atoms with van der Waals surface area (Å²) < 4.78 is 28.4. The molecule has 8 heteroatoms. The summed E-state index contributed by atoms with van der Waals surface area (Å²) in [6.45, 7) is 0. The molecule has 4 rings (SSSR count). The third-order valence-corrected chi connectivity index (χ3v) is 5.31. The number of nitriles is 1. The van der Waals surface area contributed by atoms with Gasteiger partial charge in [-0.1, -0.05) is 0 Å². The van der Waals surface area contributed by atoms with Crippen molar-refractivity contribution in [3.8, 4) is 6.07 Å². The van der Waals surface area contributed by atoms with Gasteiger partial charge in [0, 0.05) is 18.8 Å². The van der Waals surface area contributed by atoms with Gasteiger partial charge in [-0.3, -0.25) is 4.79 Å². The molecule has 2 heterocycles. The molecule has 0 amide bonds. The maximum absolute atomic E-state index is 13.4. The van der Waals surface area contributed by atoms with Crippen molar-refractivity contribution in [2.24, 2.45) is 5.92 Å². The Balaban J connectivity index is 1.71. The molecular weight excluding hydrogens is 316 g/mol. The summed E-state index contributed by atoms with van der Waals surface area (Å²) in [4.78, 5) is 19.6. The maximum atomic E-state index is 13.4. The highest BCUT2D eigenvalue weighted by Gasteiger charge is 2.37. The van der Waals surface area contributed by atoms with Gasteiger partial charge in [-0.05, 0) is 25.7 Å². The second kappa shape index (κ2) is 5.36. The predicted molar refractivity (Wildman–Crippen MR) is 81.7 cm³/mol. The number of alkyl halides is 2. The monoisotopic (exact) mass is 333 g/mol. The van der Waals surface area contributed by atoms with E-state index in [1.54, 1.807) is 4.68 Å². The van der Waals surface area contributed by atoms with Crippen LogP contribution >= 0.6 is 0 Å². The molecule has 0 saturated heterocycles. The molecule has 126 valence electrons. The zero-order valence-electron chi connectivity index (χ0n) is 13.0. The Labute approximate surface area is 136 Å². The van der Waals surface area contributed by atoms with Crippen LogP contribution in [0.2, 0.25) is 0 Å². The van der Waals surface area contributed by atoms with Crippen LogP contribution in [0.4, 0.5) is 8.78 Å². The van der Waals surface area contributed by atoms with E-state index in [2.05, 4.69) is 21.1 Å². The largest absolute Gasteiger partial charge is 0.310 e. The molecule has 2 aliphatic carbocycles. The second-order valence-electron chi connectivity index (χ2n) is 6.78. The zero-order chi connectivity index (χ0) is 16.9. The summed E-state index contributed by atoms with van der Waals surface area (Å²) in [6.07, 6.45) is 3.36. The van der Waals surface area contributed by atoms with E-state index in [1.165, 1.54) is 6.20 Å². The average Bonchev–Trinajstić information content (AvgIpc) is 2.91.